The first-order valence-corrected chi connectivity index (χ1v) is 16.9. The summed E-state index contributed by atoms with van der Waals surface area (Å²) in [5, 5.41) is 13.4. The Morgan fingerprint density at radius 1 is 0.894 bits per heavy atom. The monoisotopic (exact) mass is 629 g/mol. The first kappa shape index (κ1) is 29.8. The molecule has 0 spiro atoms. The van der Waals surface area contributed by atoms with Crippen LogP contribution in [0.3, 0.4) is 0 Å². The van der Waals surface area contributed by atoms with Crippen molar-refractivity contribution in [3.8, 4) is 39.5 Å². The highest BCUT2D eigenvalue weighted by atomic mass is 19.1. The van der Waals surface area contributed by atoms with Crippen molar-refractivity contribution in [3.05, 3.63) is 84.6 Å². The summed E-state index contributed by atoms with van der Waals surface area (Å²) in [5.74, 6) is 1.03. The van der Waals surface area contributed by atoms with Crippen LogP contribution >= 0.6 is 0 Å². The molecule has 6 aromatic rings. The Kier molecular flexibility index (Phi) is 8.40. The largest absolute Gasteiger partial charge is 0.492 e. The highest BCUT2D eigenvalue weighted by molar-refractivity contribution is 6.01. The molecule has 5 heterocycles. The van der Waals surface area contributed by atoms with Gasteiger partial charge in [-0.25, -0.2) is 4.39 Å². The maximum absolute atomic E-state index is 14.8. The number of halogens is 1. The van der Waals surface area contributed by atoms with E-state index >= 15 is 0 Å². The molecule has 3 N–H and O–H groups in total. The number of H-pyrrole nitrogens is 2. The molecule has 0 atom stereocenters. The van der Waals surface area contributed by atoms with E-state index in [1.807, 2.05) is 42.9 Å². The van der Waals surface area contributed by atoms with E-state index in [9.17, 15) is 4.39 Å². The molecule has 1 saturated heterocycles. The lowest BCUT2D eigenvalue weighted by Gasteiger charge is -2.15. The standard InChI is InChI=1S/C38H40FN7O/c39-29-15-27(16-30(17-29)47-13-12-46-10-3-4-11-46)31-8-5-9-34-32(31)18-36(43-34)38-33-19-35(42-24-37(33)44-45-38)28-14-26(22-41-23-28)21-40-20-25-6-1-2-7-25/h5,8-9,14-19,22-25,40,43H,1-4,6-7,10-13,20-21H2,(H,44,45). The van der Waals surface area contributed by atoms with Gasteiger partial charge in [0.2, 0.25) is 0 Å². The Hall–Kier alpha value is -4.60. The van der Waals surface area contributed by atoms with Gasteiger partial charge in [0.15, 0.2) is 0 Å². The quantitative estimate of drug-likeness (QED) is 0.136. The number of ether oxygens (including phenoxy) is 1. The molecule has 0 radical (unpaired) electrons. The van der Waals surface area contributed by atoms with Crippen molar-refractivity contribution in [2.45, 2.75) is 45.1 Å². The Bertz CT molecular complexity index is 2000. The highest BCUT2D eigenvalue weighted by Gasteiger charge is 2.17. The highest BCUT2D eigenvalue weighted by Crippen LogP contribution is 2.36. The molecule has 0 bridgehead atoms. The van der Waals surface area contributed by atoms with Gasteiger partial charge in [-0.2, -0.15) is 5.10 Å². The van der Waals surface area contributed by atoms with Gasteiger partial charge in [0.25, 0.3) is 0 Å². The number of pyridine rings is 2. The third-order valence-electron chi connectivity index (χ3n) is 9.75. The number of aromatic amines is 2. The zero-order valence-electron chi connectivity index (χ0n) is 26.6. The van der Waals surface area contributed by atoms with E-state index in [-0.39, 0.29) is 5.82 Å². The van der Waals surface area contributed by atoms with Crippen molar-refractivity contribution in [1.82, 2.24) is 35.4 Å². The molecule has 0 amide bonds. The predicted molar refractivity (Wildman–Crippen MR) is 185 cm³/mol. The van der Waals surface area contributed by atoms with Crippen molar-refractivity contribution in [3.63, 3.8) is 0 Å². The number of benzene rings is 2. The van der Waals surface area contributed by atoms with E-state index in [4.69, 9.17) is 9.72 Å². The summed E-state index contributed by atoms with van der Waals surface area (Å²) in [6.07, 6.45) is 13.5. The zero-order valence-corrected chi connectivity index (χ0v) is 26.6. The maximum atomic E-state index is 14.8. The Labute approximate surface area is 273 Å². The number of nitrogens with one attached hydrogen (secondary N) is 3. The van der Waals surface area contributed by atoms with Gasteiger partial charge in [0.1, 0.15) is 23.9 Å². The van der Waals surface area contributed by atoms with Crippen LogP contribution in [0.2, 0.25) is 0 Å². The van der Waals surface area contributed by atoms with Gasteiger partial charge < -0.3 is 15.0 Å². The Morgan fingerprint density at radius 2 is 1.79 bits per heavy atom. The maximum Gasteiger partial charge on any atom is 0.127 e. The molecule has 1 saturated carbocycles. The van der Waals surface area contributed by atoms with E-state index < -0.39 is 0 Å². The SMILES string of the molecule is Fc1cc(OCCN2CCCC2)cc(-c2cccc3[nH]c(-c4n[nH]c5cnc(-c6cncc(CNCC7CCCC7)c6)cc45)cc23)c1. The van der Waals surface area contributed by atoms with Crippen LogP contribution < -0.4 is 10.1 Å². The second-order valence-electron chi connectivity index (χ2n) is 13.1. The number of rotatable bonds is 11. The molecule has 4 aromatic heterocycles. The van der Waals surface area contributed by atoms with Gasteiger partial charge in [-0.3, -0.25) is 20.0 Å². The third kappa shape index (κ3) is 6.50. The Morgan fingerprint density at radius 3 is 2.68 bits per heavy atom. The minimum Gasteiger partial charge on any atom is -0.492 e. The molecule has 0 unspecified atom stereocenters. The topological polar surface area (TPSA) is 94.8 Å². The van der Waals surface area contributed by atoms with Gasteiger partial charge in [-0.15, -0.1) is 0 Å². The van der Waals surface area contributed by atoms with Crippen molar-refractivity contribution in [1.29, 1.82) is 0 Å². The molecule has 8 rings (SSSR count). The van der Waals surface area contributed by atoms with E-state index in [1.165, 1.54) is 44.6 Å². The lowest BCUT2D eigenvalue weighted by Crippen LogP contribution is -2.25. The molecule has 2 aromatic carbocycles. The van der Waals surface area contributed by atoms with E-state index in [0.717, 1.165) is 99.8 Å². The fraction of sp³-hybridized carbons (Fsp3) is 0.342. The van der Waals surface area contributed by atoms with Crippen LogP contribution in [0, 0.1) is 11.7 Å². The van der Waals surface area contributed by atoms with E-state index in [0.29, 0.717) is 12.4 Å². The predicted octanol–water partition coefficient (Wildman–Crippen LogP) is 7.73. The van der Waals surface area contributed by atoms with Crippen molar-refractivity contribution in [2.75, 3.05) is 32.8 Å². The van der Waals surface area contributed by atoms with E-state index in [1.54, 1.807) is 6.07 Å². The van der Waals surface area contributed by atoms with E-state index in [2.05, 4.69) is 48.6 Å². The third-order valence-corrected chi connectivity index (χ3v) is 9.75. The lowest BCUT2D eigenvalue weighted by molar-refractivity contribution is 0.237. The molecule has 8 nitrogen and oxygen atoms in total. The first-order valence-electron chi connectivity index (χ1n) is 16.9. The Balaban J connectivity index is 1.05. The van der Waals surface area contributed by atoms with Gasteiger partial charge in [-0.05, 0) is 104 Å². The van der Waals surface area contributed by atoms with Crippen molar-refractivity contribution in [2.24, 2.45) is 5.92 Å². The summed E-state index contributed by atoms with van der Waals surface area (Å²) < 4.78 is 20.9. The minimum absolute atomic E-state index is 0.312. The summed E-state index contributed by atoms with van der Waals surface area (Å²) in [6, 6.07) is 17.4. The molecular weight excluding hydrogens is 589 g/mol. The molecular formula is C38H40FN7O. The lowest BCUT2D eigenvalue weighted by atomic mass is 10.0. The summed E-state index contributed by atoms with van der Waals surface area (Å²) in [6.45, 7) is 5.49. The van der Waals surface area contributed by atoms with Gasteiger partial charge in [0, 0.05) is 53.4 Å². The van der Waals surface area contributed by atoms with Crippen LogP contribution in [0.4, 0.5) is 4.39 Å². The fourth-order valence-corrected chi connectivity index (χ4v) is 7.27. The van der Waals surface area contributed by atoms with Crippen LogP contribution in [0.25, 0.3) is 55.6 Å². The zero-order chi connectivity index (χ0) is 31.6. The second kappa shape index (κ2) is 13.3. The molecule has 9 heteroatoms. The van der Waals surface area contributed by atoms with Crippen LogP contribution in [0.5, 0.6) is 5.75 Å². The number of likely N-dealkylation sites (tertiary alicyclic amines) is 1. The second-order valence-corrected chi connectivity index (χ2v) is 13.1. The van der Waals surface area contributed by atoms with Crippen LogP contribution in [-0.2, 0) is 6.54 Å². The van der Waals surface area contributed by atoms with Gasteiger partial charge in [0.05, 0.1) is 23.1 Å². The summed E-state index contributed by atoms with van der Waals surface area (Å²) in [7, 11) is 0. The van der Waals surface area contributed by atoms with Crippen LogP contribution in [0.1, 0.15) is 44.1 Å². The molecule has 47 heavy (non-hydrogen) atoms. The molecule has 240 valence electrons. The number of nitrogens with zero attached hydrogens (tertiary/aromatic N) is 4. The van der Waals surface area contributed by atoms with Gasteiger partial charge >= 0.3 is 0 Å². The number of fused-ring (bicyclic) bond motifs is 2. The average Bonchev–Trinajstić information content (AvgIpc) is 3.91. The number of hydrogen-bond donors (Lipinski definition) is 3. The van der Waals surface area contributed by atoms with Crippen LogP contribution in [0.15, 0.2) is 73.2 Å². The van der Waals surface area contributed by atoms with Crippen LogP contribution in [-0.4, -0.2) is 62.8 Å². The van der Waals surface area contributed by atoms with Crippen molar-refractivity contribution < 1.29 is 9.13 Å². The normalized spacial score (nSPS) is 15.8. The minimum atomic E-state index is -0.312. The summed E-state index contributed by atoms with van der Waals surface area (Å²) >= 11 is 0. The van der Waals surface area contributed by atoms with Crippen molar-refractivity contribution >= 4 is 21.8 Å². The number of aromatic nitrogens is 5. The smallest absolute Gasteiger partial charge is 0.127 e. The van der Waals surface area contributed by atoms with Gasteiger partial charge in [-0.1, -0.05) is 25.0 Å². The molecule has 1 aliphatic carbocycles. The molecule has 2 fully saturated rings. The first-order chi connectivity index (χ1) is 23.2. The fourth-order valence-electron chi connectivity index (χ4n) is 7.27. The number of hydrogen-bond acceptors (Lipinski definition) is 6. The average molecular weight is 630 g/mol. The summed E-state index contributed by atoms with van der Waals surface area (Å²) in [4.78, 5) is 15.2. The summed E-state index contributed by atoms with van der Waals surface area (Å²) in [5.41, 5.74) is 8.16. The molecule has 2 aliphatic rings. The molecule has 1 aliphatic heterocycles.